The van der Waals surface area contributed by atoms with Crippen molar-refractivity contribution < 1.29 is 19.1 Å². The summed E-state index contributed by atoms with van der Waals surface area (Å²) in [5, 5.41) is 6.29. The molecule has 6 nitrogen and oxygen atoms in total. The molecule has 3 aromatic rings. The van der Waals surface area contributed by atoms with Gasteiger partial charge in [0.25, 0.3) is 11.8 Å². The van der Waals surface area contributed by atoms with Gasteiger partial charge in [-0.25, -0.2) is 4.79 Å². The minimum Gasteiger partial charge on any atom is -0.452 e. The Bertz CT molecular complexity index is 1150. The predicted molar refractivity (Wildman–Crippen MR) is 129 cm³/mol. The number of thiophene rings is 1. The summed E-state index contributed by atoms with van der Waals surface area (Å²) in [5.41, 5.74) is 3.97. The summed E-state index contributed by atoms with van der Waals surface area (Å²) in [5.74, 6) is -1.23. The predicted octanol–water partition coefficient (Wildman–Crippen LogP) is 4.66. The molecule has 0 atom stereocenters. The number of anilines is 1. The van der Waals surface area contributed by atoms with Crippen molar-refractivity contribution >= 4 is 34.1 Å². The van der Waals surface area contributed by atoms with Crippen LogP contribution in [0.4, 0.5) is 5.00 Å². The first-order chi connectivity index (χ1) is 16.0. The summed E-state index contributed by atoms with van der Waals surface area (Å²) in [4.78, 5) is 39.0. The molecule has 0 unspecified atom stereocenters. The molecule has 0 saturated heterocycles. The Morgan fingerprint density at radius 3 is 2.45 bits per heavy atom. The highest BCUT2D eigenvalue weighted by Crippen LogP contribution is 2.38. The molecule has 1 aliphatic rings. The van der Waals surface area contributed by atoms with Crippen LogP contribution in [0.2, 0.25) is 0 Å². The molecule has 2 amide bonds. The highest BCUT2D eigenvalue weighted by molar-refractivity contribution is 7.17. The van der Waals surface area contributed by atoms with Crippen LogP contribution >= 0.6 is 11.3 Å². The van der Waals surface area contributed by atoms with Gasteiger partial charge in [0.05, 0.1) is 11.1 Å². The fourth-order valence-corrected chi connectivity index (χ4v) is 5.13. The van der Waals surface area contributed by atoms with E-state index in [0.29, 0.717) is 22.7 Å². The Morgan fingerprint density at radius 1 is 0.970 bits per heavy atom. The van der Waals surface area contributed by atoms with E-state index in [2.05, 4.69) is 10.6 Å². The molecule has 0 saturated carbocycles. The minimum atomic E-state index is -0.559. The summed E-state index contributed by atoms with van der Waals surface area (Å²) >= 11 is 1.44. The Labute approximate surface area is 197 Å². The second-order valence-corrected chi connectivity index (χ2v) is 9.18. The first-order valence-electron chi connectivity index (χ1n) is 11.0. The lowest BCUT2D eigenvalue weighted by Crippen LogP contribution is -2.26. The van der Waals surface area contributed by atoms with E-state index in [1.54, 1.807) is 12.1 Å². The van der Waals surface area contributed by atoms with Crippen LogP contribution in [-0.2, 0) is 28.9 Å². The zero-order valence-corrected chi connectivity index (χ0v) is 19.3. The molecule has 0 fully saturated rings. The van der Waals surface area contributed by atoms with Gasteiger partial charge in [0, 0.05) is 11.4 Å². The third kappa shape index (κ3) is 5.68. The molecule has 0 aliphatic heterocycles. The number of hydrogen-bond acceptors (Lipinski definition) is 5. The van der Waals surface area contributed by atoms with Crippen LogP contribution in [0.1, 0.15) is 55.1 Å². The van der Waals surface area contributed by atoms with Gasteiger partial charge in [-0.3, -0.25) is 9.59 Å². The number of fused-ring (bicyclic) bond motifs is 1. The number of ether oxygens (including phenoxy) is 1. The SMILES string of the molecule is Cc1ccc(C(=O)OCC(=O)Nc2sc3c(c2C(=O)NCc2ccccc2)CCCC3)cc1. The van der Waals surface area contributed by atoms with Crippen LogP contribution in [0, 0.1) is 6.92 Å². The number of carbonyl (C=O) groups excluding carboxylic acids is 3. The largest absolute Gasteiger partial charge is 0.452 e. The summed E-state index contributed by atoms with van der Waals surface area (Å²) in [6, 6.07) is 16.6. The summed E-state index contributed by atoms with van der Waals surface area (Å²) < 4.78 is 5.16. The number of aryl methyl sites for hydroxylation is 2. The van der Waals surface area contributed by atoms with Gasteiger partial charge in [0.1, 0.15) is 5.00 Å². The Hall–Kier alpha value is -3.45. The van der Waals surface area contributed by atoms with Crippen molar-refractivity contribution in [2.45, 2.75) is 39.2 Å². The fraction of sp³-hybridized carbons (Fsp3) is 0.269. The summed E-state index contributed by atoms with van der Waals surface area (Å²) in [6.07, 6.45) is 3.81. The third-order valence-corrected chi connectivity index (χ3v) is 6.78. The van der Waals surface area contributed by atoms with Crippen LogP contribution in [0.3, 0.4) is 0 Å². The molecule has 7 heteroatoms. The smallest absolute Gasteiger partial charge is 0.338 e. The van der Waals surface area contributed by atoms with Crippen LogP contribution in [0.15, 0.2) is 54.6 Å². The highest BCUT2D eigenvalue weighted by atomic mass is 32.1. The second kappa shape index (κ2) is 10.4. The molecular weight excluding hydrogens is 436 g/mol. The van der Waals surface area contributed by atoms with E-state index in [-0.39, 0.29) is 5.91 Å². The fourth-order valence-electron chi connectivity index (χ4n) is 3.83. The molecule has 4 rings (SSSR count). The Kier molecular flexibility index (Phi) is 7.19. The maximum absolute atomic E-state index is 13.1. The van der Waals surface area contributed by atoms with Crippen LogP contribution in [0.5, 0.6) is 0 Å². The van der Waals surface area contributed by atoms with Crippen molar-refractivity contribution in [3.05, 3.63) is 87.3 Å². The zero-order valence-electron chi connectivity index (χ0n) is 18.5. The van der Waals surface area contributed by atoms with E-state index in [1.165, 1.54) is 11.3 Å². The molecule has 2 aromatic carbocycles. The Balaban J connectivity index is 1.43. The lowest BCUT2D eigenvalue weighted by atomic mass is 9.95. The highest BCUT2D eigenvalue weighted by Gasteiger charge is 2.26. The molecule has 0 bridgehead atoms. The first-order valence-corrected chi connectivity index (χ1v) is 11.8. The lowest BCUT2D eigenvalue weighted by Gasteiger charge is -2.13. The van der Waals surface area contributed by atoms with Gasteiger partial charge in [0.2, 0.25) is 0 Å². The number of amides is 2. The number of rotatable bonds is 7. The quantitative estimate of drug-likeness (QED) is 0.500. The number of hydrogen-bond donors (Lipinski definition) is 2. The monoisotopic (exact) mass is 462 g/mol. The normalized spacial score (nSPS) is 12.5. The number of nitrogens with one attached hydrogen (secondary N) is 2. The topological polar surface area (TPSA) is 84.5 Å². The molecule has 2 N–H and O–H groups in total. The van der Waals surface area contributed by atoms with Gasteiger partial charge in [0.15, 0.2) is 6.61 Å². The van der Waals surface area contributed by atoms with E-state index in [0.717, 1.165) is 47.3 Å². The van der Waals surface area contributed by atoms with Crippen molar-refractivity contribution in [1.29, 1.82) is 0 Å². The van der Waals surface area contributed by atoms with E-state index >= 15 is 0 Å². The lowest BCUT2D eigenvalue weighted by molar-refractivity contribution is -0.119. The number of benzene rings is 2. The zero-order chi connectivity index (χ0) is 23.2. The maximum atomic E-state index is 13.1. The molecule has 0 radical (unpaired) electrons. The van der Waals surface area contributed by atoms with Gasteiger partial charge in [-0.05, 0) is 55.9 Å². The van der Waals surface area contributed by atoms with Crippen molar-refractivity contribution in [2.24, 2.45) is 0 Å². The number of esters is 1. The average Bonchev–Trinajstić information content (AvgIpc) is 3.20. The van der Waals surface area contributed by atoms with Gasteiger partial charge in [-0.2, -0.15) is 0 Å². The van der Waals surface area contributed by atoms with Crippen LogP contribution < -0.4 is 10.6 Å². The third-order valence-electron chi connectivity index (χ3n) is 5.57. The maximum Gasteiger partial charge on any atom is 0.338 e. The van der Waals surface area contributed by atoms with E-state index in [1.807, 2.05) is 49.4 Å². The molecule has 1 aromatic heterocycles. The second-order valence-electron chi connectivity index (χ2n) is 8.07. The Morgan fingerprint density at radius 2 is 1.70 bits per heavy atom. The molecule has 170 valence electrons. The van der Waals surface area contributed by atoms with Crippen LogP contribution in [0.25, 0.3) is 0 Å². The molecule has 1 aliphatic carbocycles. The van der Waals surface area contributed by atoms with Gasteiger partial charge >= 0.3 is 5.97 Å². The molecule has 33 heavy (non-hydrogen) atoms. The van der Waals surface area contributed by atoms with E-state index in [4.69, 9.17) is 4.74 Å². The van der Waals surface area contributed by atoms with Gasteiger partial charge in [-0.1, -0.05) is 48.0 Å². The van der Waals surface area contributed by atoms with Crippen molar-refractivity contribution in [2.75, 3.05) is 11.9 Å². The first kappa shape index (κ1) is 22.7. The number of carbonyl (C=O) groups is 3. The standard InChI is InChI=1S/C26H26N2O4S/c1-17-11-13-19(14-12-17)26(31)32-16-22(29)28-25-23(20-9-5-6-10-21(20)33-25)24(30)27-15-18-7-3-2-4-8-18/h2-4,7-8,11-14H,5-6,9-10,15-16H2,1H3,(H,27,30)(H,28,29). The molecule has 1 heterocycles. The average molecular weight is 463 g/mol. The van der Waals surface area contributed by atoms with Crippen LogP contribution in [-0.4, -0.2) is 24.4 Å². The minimum absolute atomic E-state index is 0.204. The van der Waals surface area contributed by atoms with Crippen molar-refractivity contribution in [3.63, 3.8) is 0 Å². The van der Waals surface area contributed by atoms with E-state index < -0.39 is 18.5 Å². The van der Waals surface area contributed by atoms with Crippen molar-refractivity contribution in [1.82, 2.24) is 5.32 Å². The van der Waals surface area contributed by atoms with Gasteiger partial charge < -0.3 is 15.4 Å². The molecule has 0 spiro atoms. The summed E-state index contributed by atoms with van der Waals surface area (Å²) in [6.45, 7) is 1.92. The van der Waals surface area contributed by atoms with Crippen molar-refractivity contribution in [3.8, 4) is 0 Å². The summed E-state index contributed by atoms with van der Waals surface area (Å²) in [7, 11) is 0. The molecular formula is C26H26N2O4S. The van der Waals surface area contributed by atoms with Gasteiger partial charge in [-0.15, -0.1) is 11.3 Å². The van der Waals surface area contributed by atoms with E-state index in [9.17, 15) is 14.4 Å².